The molecule has 1 atom stereocenters. The Morgan fingerprint density at radius 1 is 1.08 bits per heavy atom. The normalized spacial score (nSPS) is 18.0. The molecule has 2 heterocycles. The first kappa shape index (κ1) is 37.9. The molecule has 5 rings (SSSR count). The Balaban J connectivity index is 1.44. The van der Waals surface area contributed by atoms with Crippen LogP contribution in [0.15, 0.2) is 58.2 Å². The van der Waals surface area contributed by atoms with Crippen molar-refractivity contribution in [1.82, 2.24) is 10.2 Å². The van der Waals surface area contributed by atoms with E-state index in [0.29, 0.717) is 43.0 Å². The number of ether oxygens (including phenoxy) is 4. The number of anilines is 1. The number of morpholine rings is 1. The molecule has 0 aromatic heterocycles. The van der Waals surface area contributed by atoms with Crippen molar-refractivity contribution in [1.29, 1.82) is 0 Å². The van der Waals surface area contributed by atoms with Crippen LogP contribution >= 0.6 is 23.2 Å². The number of hydrogen-bond donors (Lipinski definition) is 2. The number of nitrogens with one attached hydrogen (secondary N) is 2. The molecule has 2 N–H and O–H groups in total. The Bertz CT molecular complexity index is 1720. The summed E-state index contributed by atoms with van der Waals surface area (Å²) in [6, 6.07) is 6.16. The number of esters is 1. The van der Waals surface area contributed by atoms with Crippen LogP contribution in [0, 0.1) is 5.92 Å². The highest BCUT2D eigenvalue weighted by Gasteiger charge is 2.36. The first-order valence-corrected chi connectivity index (χ1v) is 18.0. The number of rotatable bonds is 15. The third kappa shape index (κ3) is 10.6. The van der Waals surface area contributed by atoms with Crippen molar-refractivity contribution in [2.45, 2.75) is 38.2 Å². The zero-order chi connectivity index (χ0) is 36.1. The maximum Gasteiger partial charge on any atom is 0.418 e. The lowest BCUT2D eigenvalue weighted by Gasteiger charge is -2.26. The number of benzene rings is 2. The van der Waals surface area contributed by atoms with E-state index in [0.717, 1.165) is 25.0 Å². The third-order valence-corrected chi connectivity index (χ3v) is 10.0. The molecule has 0 spiro atoms. The zero-order valence-electron chi connectivity index (χ0n) is 26.4. The van der Waals surface area contributed by atoms with Crippen LogP contribution in [0.25, 0.3) is 0 Å². The number of carbonyl (C=O) groups excluding carboxylic acids is 1. The highest BCUT2D eigenvalue weighted by molar-refractivity contribution is 7.92. The molecule has 1 saturated heterocycles. The number of hydrogen-bond acceptors (Lipinski definition) is 9. The molecular weight excluding hydrogens is 736 g/mol. The van der Waals surface area contributed by atoms with Crippen LogP contribution in [-0.4, -0.2) is 77.7 Å². The lowest BCUT2D eigenvalue weighted by molar-refractivity contribution is -0.136. The summed E-state index contributed by atoms with van der Waals surface area (Å²) < 4.78 is 118. The van der Waals surface area contributed by atoms with Gasteiger partial charge in [0, 0.05) is 37.3 Å². The van der Waals surface area contributed by atoms with E-state index in [1.165, 1.54) is 24.4 Å². The standard InChI is InChI=1S/C32H34Cl2F5N3O7S/c33-24-16-40-17-25(34)22(24)15-28(20-4-6-27(49-31(35)36)29(14-20)47-18-19-1-2-19)48-30(43)21-3-5-23(32(37,38)39)26(13-21)41-50(44,45)12-9-42-7-10-46-11-8-42/h3-6,13-14,16,19,28,31,40-41H,1-2,7-12,15,17-18H2/t28-/m0/s1. The Morgan fingerprint density at radius 2 is 1.82 bits per heavy atom. The van der Waals surface area contributed by atoms with Gasteiger partial charge in [-0.1, -0.05) is 29.3 Å². The molecular formula is C32H34Cl2F5N3O7S. The molecule has 1 saturated carbocycles. The van der Waals surface area contributed by atoms with Gasteiger partial charge in [0.25, 0.3) is 0 Å². The van der Waals surface area contributed by atoms with Gasteiger partial charge >= 0.3 is 18.8 Å². The number of carbonyl (C=O) groups is 1. The van der Waals surface area contributed by atoms with Gasteiger partial charge in [-0.15, -0.1) is 0 Å². The Hall–Kier alpha value is -3.31. The summed E-state index contributed by atoms with van der Waals surface area (Å²) in [6.07, 6.45) is -3.00. The molecule has 2 fully saturated rings. The number of allylic oxidation sites excluding steroid dienone is 1. The summed E-state index contributed by atoms with van der Waals surface area (Å²) in [6.45, 7) is -0.888. The predicted molar refractivity (Wildman–Crippen MR) is 175 cm³/mol. The number of dihydropyridines is 1. The van der Waals surface area contributed by atoms with Crippen LogP contribution in [0.3, 0.4) is 0 Å². The van der Waals surface area contributed by atoms with E-state index in [-0.39, 0.29) is 54.1 Å². The van der Waals surface area contributed by atoms with Crippen molar-refractivity contribution < 1.29 is 54.1 Å². The Morgan fingerprint density at radius 3 is 2.48 bits per heavy atom. The van der Waals surface area contributed by atoms with Crippen molar-refractivity contribution in [3.63, 3.8) is 0 Å². The quantitative estimate of drug-likeness (QED) is 0.152. The first-order chi connectivity index (χ1) is 23.7. The van der Waals surface area contributed by atoms with Crippen LogP contribution in [0.4, 0.5) is 27.6 Å². The largest absolute Gasteiger partial charge is 0.489 e. The van der Waals surface area contributed by atoms with Crippen LogP contribution in [0.1, 0.15) is 46.9 Å². The number of sulfonamides is 1. The van der Waals surface area contributed by atoms with Crippen molar-refractivity contribution >= 4 is 44.9 Å². The van der Waals surface area contributed by atoms with Crippen LogP contribution in [0.5, 0.6) is 11.5 Å². The Labute approximate surface area is 295 Å². The molecule has 0 amide bonds. The summed E-state index contributed by atoms with van der Waals surface area (Å²) in [5.41, 5.74) is -1.93. The zero-order valence-corrected chi connectivity index (χ0v) is 28.7. The van der Waals surface area contributed by atoms with E-state index in [4.69, 9.17) is 37.4 Å². The SMILES string of the molecule is O=C(O[C@@H](CC1=C(Cl)CNC=C1Cl)c1ccc(OC(F)F)c(OCC2CC2)c1)c1ccc(C(F)(F)F)c(NS(=O)(=O)CCN2CCOCC2)c1. The van der Waals surface area contributed by atoms with Gasteiger partial charge < -0.3 is 24.3 Å². The molecule has 3 aliphatic rings. The second-order valence-corrected chi connectivity index (χ2v) is 14.5. The van der Waals surface area contributed by atoms with E-state index in [9.17, 15) is 35.2 Å². The van der Waals surface area contributed by atoms with Crippen molar-refractivity contribution in [3.05, 3.63) is 74.9 Å². The van der Waals surface area contributed by atoms with Crippen LogP contribution in [0.2, 0.25) is 0 Å². The molecule has 0 bridgehead atoms. The molecule has 10 nitrogen and oxygen atoms in total. The highest BCUT2D eigenvalue weighted by Crippen LogP contribution is 2.41. The van der Waals surface area contributed by atoms with Crippen molar-refractivity contribution in [3.8, 4) is 11.5 Å². The van der Waals surface area contributed by atoms with E-state index >= 15 is 0 Å². The molecule has 2 aromatic rings. The van der Waals surface area contributed by atoms with Crippen molar-refractivity contribution in [2.75, 3.05) is 56.5 Å². The summed E-state index contributed by atoms with van der Waals surface area (Å²) >= 11 is 12.8. The second-order valence-electron chi connectivity index (χ2n) is 11.8. The van der Waals surface area contributed by atoms with E-state index in [2.05, 4.69) is 10.1 Å². The van der Waals surface area contributed by atoms with Gasteiger partial charge in [-0.25, -0.2) is 13.2 Å². The van der Waals surface area contributed by atoms with Gasteiger partial charge in [-0.05, 0) is 60.2 Å². The maximum absolute atomic E-state index is 14.0. The molecule has 18 heteroatoms. The van der Waals surface area contributed by atoms with Gasteiger partial charge in [0.2, 0.25) is 10.0 Å². The lowest BCUT2D eigenvalue weighted by atomic mass is 9.99. The summed E-state index contributed by atoms with van der Waals surface area (Å²) in [5.74, 6) is -1.65. The third-order valence-electron chi connectivity index (χ3n) is 8.07. The summed E-state index contributed by atoms with van der Waals surface area (Å²) in [5, 5.41) is 3.37. The van der Waals surface area contributed by atoms with E-state index in [1.807, 2.05) is 4.72 Å². The Kier molecular flexibility index (Phi) is 12.4. The van der Waals surface area contributed by atoms with Crippen LogP contribution in [-0.2, 0) is 25.7 Å². The molecule has 50 heavy (non-hydrogen) atoms. The fourth-order valence-corrected chi connectivity index (χ4v) is 6.87. The topological polar surface area (TPSA) is 115 Å². The van der Waals surface area contributed by atoms with Crippen LogP contribution < -0.4 is 19.5 Å². The second kappa shape index (κ2) is 16.4. The minimum absolute atomic E-state index is 0.0360. The van der Waals surface area contributed by atoms with E-state index < -0.39 is 57.5 Å². The number of halogens is 7. The first-order valence-electron chi connectivity index (χ1n) is 15.6. The van der Waals surface area contributed by atoms with Gasteiger partial charge in [0.15, 0.2) is 11.5 Å². The minimum Gasteiger partial charge on any atom is -0.489 e. The van der Waals surface area contributed by atoms with Gasteiger partial charge in [-0.2, -0.15) is 22.0 Å². The molecule has 2 aromatic carbocycles. The van der Waals surface area contributed by atoms with E-state index in [1.54, 1.807) is 4.90 Å². The molecule has 2 aliphatic heterocycles. The van der Waals surface area contributed by atoms with Gasteiger partial charge in [0.05, 0.1) is 54.0 Å². The monoisotopic (exact) mass is 769 g/mol. The summed E-state index contributed by atoms with van der Waals surface area (Å²) in [4.78, 5) is 15.4. The van der Waals surface area contributed by atoms with Crippen molar-refractivity contribution in [2.24, 2.45) is 5.92 Å². The molecule has 0 radical (unpaired) electrons. The lowest BCUT2D eigenvalue weighted by Crippen LogP contribution is -2.39. The number of alkyl halides is 5. The minimum atomic E-state index is -4.97. The number of nitrogens with zero attached hydrogens (tertiary/aromatic N) is 1. The fourth-order valence-electron chi connectivity index (χ4n) is 5.19. The average molecular weight is 771 g/mol. The smallest absolute Gasteiger partial charge is 0.418 e. The molecule has 274 valence electrons. The molecule has 1 aliphatic carbocycles. The molecule has 0 unspecified atom stereocenters. The summed E-state index contributed by atoms with van der Waals surface area (Å²) in [7, 11) is -4.29. The van der Waals surface area contributed by atoms with Gasteiger partial charge in [0.1, 0.15) is 6.10 Å². The highest BCUT2D eigenvalue weighted by atomic mass is 35.5. The van der Waals surface area contributed by atoms with Gasteiger partial charge in [-0.3, -0.25) is 9.62 Å². The fraction of sp³-hybridized carbons (Fsp3) is 0.469. The maximum atomic E-state index is 14.0. The average Bonchev–Trinajstić information content (AvgIpc) is 3.89. The predicted octanol–water partition coefficient (Wildman–Crippen LogP) is 6.63.